The summed E-state index contributed by atoms with van der Waals surface area (Å²) in [7, 11) is 0. The fourth-order valence-electron chi connectivity index (χ4n) is 0.982. The average molecular weight is 207 g/mol. The lowest BCUT2D eigenvalue weighted by atomic mass is 10.1. The third-order valence-corrected chi connectivity index (χ3v) is 1.62. The van der Waals surface area contributed by atoms with E-state index in [9.17, 15) is 13.2 Å². The standard InChI is InChI=1S/C8H8F3NO2/c1-5-2-12-3-7(6(5)4-13)14-8(9,10)11/h2-3,13H,4H2,1H3. The molecular formula is C8H8F3NO2. The van der Waals surface area contributed by atoms with Gasteiger partial charge in [-0.1, -0.05) is 0 Å². The summed E-state index contributed by atoms with van der Waals surface area (Å²) in [4.78, 5) is 3.54. The number of halogens is 3. The van der Waals surface area contributed by atoms with Gasteiger partial charge in [0.05, 0.1) is 12.8 Å². The van der Waals surface area contributed by atoms with Gasteiger partial charge in [-0.15, -0.1) is 13.2 Å². The first-order valence-corrected chi connectivity index (χ1v) is 3.74. The quantitative estimate of drug-likeness (QED) is 0.803. The molecule has 14 heavy (non-hydrogen) atoms. The second-order valence-corrected chi connectivity index (χ2v) is 2.64. The molecule has 0 aliphatic rings. The number of aromatic nitrogens is 1. The molecule has 0 aromatic carbocycles. The first kappa shape index (κ1) is 10.8. The first-order valence-electron chi connectivity index (χ1n) is 3.74. The van der Waals surface area contributed by atoms with Crippen LogP contribution in [0.1, 0.15) is 11.1 Å². The van der Waals surface area contributed by atoms with Crippen molar-refractivity contribution in [3.63, 3.8) is 0 Å². The Morgan fingerprint density at radius 1 is 1.43 bits per heavy atom. The van der Waals surface area contributed by atoms with Gasteiger partial charge in [0.15, 0.2) is 5.75 Å². The Kier molecular flexibility index (Phi) is 2.95. The van der Waals surface area contributed by atoms with Crippen molar-refractivity contribution >= 4 is 0 Å². The largest absolute Gasteiger partial charge is 0.573 e. The van der Waals surface area contributed by atoms with E-state index >= 15 is 0 Å². The van der Waals surface area contributed by atoms with Crippen molar-refractivity contribution in [1.82, 2.24) is 4.98 Å². The molecule has 1 N–H and O–H groups in total. The molecule has 0 unspecified atom stereocenters. The molecule has 0 saturated carbocycles. The van der Waals surface area contributed by atoms with E-state index in [1.54, 1.807) is 6.92 Å². The highest BCUT2D eigenvalue weighted by Crippen LogP contribution is 2.27. The van der Waals surface area contributed by atoms with Crippen LogP contribution in [0, 0.1) is 6.92 Å². The van der Waals surface area contributed by atoms with Crippen LogP contribution in [0.15, 0.2) is 12.4 Å². The van der Waals surface area contributed by atoms with Crippen molar-refractivity contribution < 1.29 is 23.0 Å². The van der Waals surface area contributed by atoms with Gasteiger partial charge in [0.1, 0.15) is 0 Å². The number of rotatable bonds is 2. The molecule has 0 aliphatic heterocycles. The van der Waals surface area contributed by atoms with Crippen molar-refractivity contribution in [2.45, 2.75) is 19.9 Å². The SMILES string of the molecule is Cc1cncc(OC(F)(F)F)c1CO. The maximum Gasteiger partial charge on any atom is 0.573 e. The number of hydrogen-bond donors (Lipinski definition) is 1. The Balaban J connectivity index is 3.02. The molecule has 0 spiro atoms. The lowest BCUT2D eigenvalue weighted by Crippen LogP contribution is -2.18. The number of aliphatic hydroxyl groups is 1. The van der Waals surface area contributed by atoms with Crippen LogP contribution in [0.5, 0.6) is 5.75 Å². The Hall–Kier alpha value is -1.30. The summed E-state index contributed by atoms with van der Waals surface area (Å²) in [6.45, 7) is 1.03. The summed E-state index contributed by atoms with van der Waals surface area (Å²) in [6.07, 6.45) is -2.49. The summed E-state index contributed by atoms with van der Waals surface area (Å²) in [6, 6.07) is 0. The Morgan fingerprint density at radius 2 is 2.07 bits per heavy atom. The number of aliphatic hydroxyl groups excluding tert-OH is 1. The molecule has 1 heterocycles. The van der Waals surface area contributed by atoms with Crippen molar-refractivity contribution in [2.24, 2.45) is 0 Å². The number of nitrogens with zero attached hydrogens (tertiary/aromatic N) is 1. The number of alkyl halides is 3. The van der Waals surface area contributed by atoms with Crippen LogP contribution >= 0.6 is 0 Å². The monoisotopic (exact) mass is 207 g/mol. The third kappa shape index (κ3) is 2.59. The predicted molar refractivity (Wildman–Crippen MR) is 41.6 cm³/mol. The summed E-state index contributed by atoms with van der Waals surface area (Å²) < 4.78 is 39.3. The number of pyridine rings is 1. The fourth-order valence-corrected chi connectivity index (χ4v) is 0.982. The second-order valence-electron chi connectivity index (χ2n) is 2.64. The van der Waals surface area contributed by atoms with Crippen LogP contribution in [0.4, 0.5) is 13.2 Å². The van der Waals surface area contributed by atoms with Gasteiger partial charge in [-0.2, -0.15) is 0 Å². The molecule has 0 radical (unpaired) electrons. The summed E-state index contributed by atoms with van der Waals surface area (Å²) in [5.74, 6) is -0.458. The first-order chi connectivity index (χ1) is 6.44. The number of hydrogen-bond acceptors (Lipinski definition) is 3. The number of aryl methyl sites for hydroxylation is 1. The third-order valence-electron chi connectivity index (χ3n) is 1.62. The highest BCUT2D eigenvalue weighted by molar-refractivity contribution is 5.35. The smallest absolute Gasteiger partial charge is 0.404 e. The molecule has 0 fully saturated rings. The minimum absolute atomic E-state index is 0.0947. The van der Waals surface area contributed by atoms with Crippen molar-refractivity contribution in [2.75, 3.05) is 0 Å². The zero-order valence-electron chi connectivity index (χ0n) is 7.30. The molecule has 1 rings (SSSR count). The van der Waals surface area contributed by atoms with Gasteiger partial charge in [0.25, 0.3) is 0 Å². The highest BCUT2D eigenvalue weighted by atomic mass is 19.4. The Morgan fingerprint density at radius 3 is 2.57 bits per heavy atom. The van der Waals surface area contributed by atoms with Gasteiger partial charge in [-0.3, -0.25) is 4.98 Å². The minimum Gasteiger partial charge on any atom is -0.404 e. The van der Waals surface area contributed by atoms with Gasteiger partial charge in [-0.05, 0) is 12.5 Å². The average Bonchev–Trinajstić information content (AvgIpc) is 2.01. The van der Waals surface area contributed by atoms with Crippen LogP contribution in [0.25, 0.3) is 0 Å². The second kappa shape index (κ2) is 3.83. The van der Waals surface area contributed by atoms with E-state index in [2.05, 4.69) is 9.72 Å². The molecular weight excluding hydrogens is 199 g/mol. The maximum atomic E-state index is 11.9. The van der Waals surface area contributed by atoms with E-state index in [4.69, 9.17) is 5.11 Å². The topological polar surface area (TPSA) is 42.4 Å². The fraction of sp³-hybridized carbons (Fsp3) is 0.375. The molecule has 0 amide bonds. The molecule has 1 aromatic heterocycles. The molecule has 0 saturated heterocycles. The van der Waals surface area contributed by atoms with Crippen molar-refractivity contribution in [3.05, 3.63) is 23.5 Å². The van der Waals surface area contributed by atoms with E-state index < -0.39 is 18.7 Å². The molecule has 1 aromatic rings. The Labute approximate surface area is 78.2 Å². The van der Waals surface area contributed by atoms with Gasteiger partial charge < -0.3 is 9.84 Å². The summed E-state index contributed by atoms with van der Waals surface area (Å²) >= 11 is 0. The van der Waals surface area contributed by atoms with E-state index in [1.165, 1.54) is 6.20 Å². The maximum absolute atomic E-state index is 11.9. The predicted octanol–water partition coefficient (Wildman–Crippen LogP) is 1.78. The Bertz CT molecular complexity index is 325. The molecule has 0 aliphatic carbocycles. The van der Waals surface area contributed by atoms with Crippen molar-refractivity contribution in [3.8, 4) is 5.75 Å². The van der Waals surface area contributed by atoms with E-state index in [-0.39, 0.29) is 5.56 Å². The van der Waals surface area contributed by atoms with Crippen LogP contribution in [0.3, 0.4) is 0 Å². The van der Waals surface area contributed by atoms with Crippen LogP contribution in [-0.4, -0.2) is 16.5 Å². The van der Waals surface area contributed by atoms with Gasteiger partial charge in [0.2, 0.25) is 0 Å². The summed E-state index contributed by atoms with van der Waals surface area (Å²) in [5.41, 5.74) is 0.548. The van der Waals surface area contributed by atoms with Gasteiger partial charge in [-0.25, -0.2) is 0 Å². The van der Waals surface area contributed by atoms with E-state index in [1.807, 2.05) is 0 Å². The van der Waals surface area contributed by atoms with Crippen LogP contribution in [-0.2, 0) is 6.61 Å². The lowest BCUT2D eigenvalue weighted by Gasteiger charge is -2.12. The molecule has 78 valence electrons. The zero-order valence-corrected chi connectivity index (χ0v) is 7.30. The van der Waals surface area contributed by atoms with Crippen LogP contribution < -0.4 is 4.74 Å². The molecule has 6 heteroatoms. The zero-order chi connectivity index (χ0) is 10.8. The lowest BCUT2D eigenvalue weighted by molar-refractivity contribution is -0.275. The van der Waals surface area contributed by atoms with E-state index in [0.29, 0.717) is 5.56 Å². The summed E-state index contributed by atoms with van der Waals surface area (Å²) in [5, 5.41) is 8.82. The normalized spacial score (nSPS) is 11.5. The number of ether oxygens (including phenoxy) is 1. The van der Waals surface area contributed by atoms with E-state index in [0.717, 1.165) is 6.20 Å². The highest BCUT2D eigenvalue weighted by Gasteiger charge is 2.32. The van der Waals surface area contributed by atoms with Gasteiger partial charge in [0, 0.05) is 11.8 Å². The van der Waals surface area contributed by atoms with Gasteiger partial charge >= 0.3 is 6.36 Å². The van der Waals surface area contributed by atoms with Crippen LogP contribution in [0.2, 0.25) is 0 Å². The molecule has 0 atom stereocenters. The minimum atomic E-state index is -4.76. The molecule has 0 bridgehead atoms. The van der Waals surface area contributed by atoms with Crippen molar-refractivity contribution in [1.29, 1.82) is 0 Å². The molecule has 3 nitrogen and oxygen atoms in total.